The molecule has 5 nitrogen and oxygen atoms in total. The van der Waals surface area contributed by atoms with Crippen LogP contribution in [0, 0.1) is 0 Å². The molecule has 3 N–H and O–H groups in total. The summed E-state index contributed by atoms with van der Waals surface area (Å²) in [7, 11) is 0. The van der Waals surface area contributed by atoms with E-state index in [9.17, 15) is 9.59 Å². The summed E-state index contributed by atoms with van der Waals surface area (Å²) in [5.41, 5.74) is 8.29. The van der Waals surface area contributed by atoms with Crippen molar-refractivity contribution < 1.29 is 9.59 Å². The van der Waals surface area contributed by atoms with Crippen molar-refractivity contribution >= 4 is 39.7 Å². The summed E-state index contributed by atoms with van der Waals surface area (Å²) in [6.45, 7) is 0. The van der Waals surface area contributed by atoms with Gasteiger partial charge in [0, 0.05) is 16.6 Å². The highest BCUT2D eigenvalue weighted by atomic mass is 32.1. The van der Waals surface area contributed by atoms with Crippen LogP contribution in [-0.2, 0) is 0 Å². The third kappa shape index (κ3) is 3.43. The first-order chi connectivity index (χ1) is 13.1. The van der Waals surface area contributed by atoms with Crippen LogP contribution >= 0.6 is 11.3 Å². The molecule has 6 heteroatoms. The maximum Gasteiger partial charge on any atom is 0.256 e. The summed E-state index contributed by atoms with van der Waals surface area (Å²) in [4.78, 5) is 29.8. The Bertz CT molecular complexity index is 1140. The van der Waals surface area contributed by atoms with Crippen LogP contribution in [0.2, 0.25) is 0 Å². The minimum Gasteiger partial charge on any atom is -0.366 e. The van der Waals surface area contributed by atoms with Crippen LogP contribution in [-0.4, -0.2) is 16.8 Å². The largest absolute Gasteiger partial charge is 0.366 e. The van der Waals surface area contributed by atoms with Crippen molar-refractivity contribution in [1.82, 2.24) is 4.98 Å². The molecule has 0 saturated heterocycles. The third-order valence-electron chi connectivity index (χ3n) is 4.16. The average Bonchev–Trinajstić information content (AvgIpc) is 3.22. The molecule has 0 atom stereocenters. The lowest BCUT2D eigenvalue weighted by molar-refractivity contribution is 0.0998. The van der Waals surface area contributed by atoms with E-state index in [4.69, 9.17) is 5.73 Å². The number of benzene rings is 2. The number of amides is 2. The highest BCUT2D eigenvalue weighted by molar-refractivity contribution is 7.13. The van der Waals surface area contributed by atoms with Crippen LogP contribution in [0.15, 0.2) is 72.1 Å². The Balaban J connectivity index is 1.73. The standard InChI is InChI=1S/C21H15N3O2S/c22-20(25)13-7-9-14(10-8-13)23-21(26)16-12-18(19-6-3-11-27-19)24-17-5-2-1-4-15(16)17/h1-12H,(H2,22,25)(H,23,26). The Hall–Kier alpha value is -3.51. The van der Waals surface area contributed by atoms with E-state index < -0.39 is 5.91 Å². The lowest BCUT2D eigenvalue weighted by atomic mass is 10.1. The van der Waals surface area contributed by atoms with Gasteiger partial charge in [0.15, 0.2) is 0 Å². The van der Waals surface area contributed by atoms with Crippen LogP contribution in [0.5, 0.6) is 0 Å². The molecule has 2 amide bonds. The number of thiophene rings is 1. The number of fused-ring (bicyclic) bond motifs is 1. The van der Waals surface area contributed by atoms with Gasteiger partial charge in [0.05, 0.1) is 21.7 Å². The van der Waals surface area contributed by atoms with E-state index in [1.54, 1.807) is 41.7 Å². The van der Waals surface area contributed by atoms with Gasteiger partial charge >= 0.3 is 0 Å². The number of hydrogen-bond acceptors (Lipinski definition) is 4. The number of hydrogen-bond donors (Lipinski definition) is 2. The van der Waals surface area contributed by atoms with E-state index in [1.807, 2.05) is 41.8 Å². The van der Waals surface area contributed by atoms with Crippen molar-refractivity contribution in [2.24, 2.45) is 5.73 Å². The summed E-state index contributed by atoms with van der Waals surface area (Å²) in [5, 5.41) is 5.63. The first-order valence-corrected chi connectivity index (χ1v) is 9.15. The Morgan fingerprint density at radius 2 is 1.74 bits per heavy atom. The van der Waals surface area contributed by atoms with Gasteiger partial charge in [-0.3, -0.25) is 9.59 Å². The van der Waals surface area contributed by atoms with Crippen molar-refractivity contribution in [2.75, 3.05) is 5.32 Å². The normalized spacial score (nSPS) is 10.7. The molecule has 0 unspecified atom stereocenters. The van der Waals surface area contributed by atoms with Gasteiger partial charge in [-0.15, -0.1) is 11.3 Å². The van der Waals surface area contributed by atoms with Gasteiger partial charge in [0.2, 0.25) is 5.91 Å². The maximum atomic E-state index is 12.9. The molecule has 0 aliphatic carbocycles. The lowest BCUT2D eigenvalue weighted by Crippen LogP contribution is -2.14. The van der Waals surface area contributed by atoms with Crippen molar-refractivity contribution in [3.8, 4) is 10.6 Å². The zero-order valence-corrected chi connectivity index (χ0v) is 15.0. The van der Waals surface area contributed by atoms with E-state index in [0.717, 1.165) is 21.5 Å². The molecular weight excluding hydrogens is 358 g/mol. The Morgan fingerprint density at radius 3 is 2.44 bits per heavy atom. The molecule has 0 spiro atoms. The number of carbonyl (C=O) groups excluding carboxylic acids is 2. The van der Waals surface area contributed by atoms with E-state index in [0.29, 0.717) is 16.8 Å². The number of nitrogens with one attached hydrogen (secondary N) is 1. The van der Waals surface area contributed by atoms with Crippen molar-refractivity contribution in [3.05, 3.63) is 83.2 Å². The van der Waals surface area contributed by atoms with Gasteiger partial charge in [-0.2, -0.15) is 0 Å². The predicted octanol–water partition coefficient (Wildman–Crippen LogP) is 4.31. The molecule has 4 aromatic rings. The minimum atomic E-state index is -0.506. The van der Waals surface area contributed by atoms with E-state index in [1.165, 1.54) is 0 Å². The molecule has 27 heavy (non-hydrogen) atoms. The number of pyridine rings is 1. The number of carbonyl (C=O) groups is 2. The monoisotopic (exact) mass is 373 g/mol. The SMILES string of the molecule is NC(=O)c1ccc(NC(=O)c2cc(-c3cccs3)nc3ccccc23)cc1. The van der Waals surface area contributed by atoms with Gasteiger partial charge in [0.25, 0.3) is 5.91 Å². The first kappa shape index (κ1) is 16.9. The van der Waals surface area contributed by atoms with E-state index in [2.05, 4.69) is 10.3 Å². The van der Waals surface area contributed by atoms with Gasteiger partial charge in [-0.25, -0.2) is 4.98 Å². The fourth-order valence-electron chi connectivity index (χ4n) is 2.83. The smallest absolute Gasteiger partial charge is 0.256 e. The molecule has 0 fully saturated rings. The molecule has 132 valence electrons. The summed E-state index contributed by atoms with van der Waals surface area (Å²) in [5.74, 6) is -0.744. The van der Waals surface area contributed by atoms with Gasteiger partial charge in [-0.1, -0.05) is 24.3 Å². The second kappa shape index (κ2) is 7.01. The van der Waals surface area contributed by atoms with Gasteiger partial charge in [0.1, 0.15) is 0 Å². The molecule has 0 aliphatic rings. The molecular formula is C21H15N3O2S. The average molecular weight is 373 g/mol. The Morgan fingerprint density at radius 1 is 0.963 bits per heavy atom. The second-order valence-corrected chi connectivity index (χ2v) is 6.89. The first-order valence-electron chi connectivity index (χ1n) is 8.27. The van der Waals surface area contributed by atoms with Crippen LogP contribution in [0.4, 0.5) is 5.69 Å². The summed E-state index contributed by atoms with van der Waals surface area (Å²) in [6.07, 6.45) is 0. The highest BCUT2D eigenvalue weighted by Crippen LogP contribution is 2.28. The summed E-state index contributed by atoms with van der Waals surface area (Å²) >= 11 is 1.58. The number of anilines is 1. The topological polar surface area (TPSA) is 85.1 Å². The highest BCUT2D eigenvalue weighted by Gasteiger charge is 2.14. The van der Waals surface area contributed by atoms with Crippen LogP contribution in [0.3, 0.4) is 0 Å². The Kier molecular flexibility index (Phi) is 4.40. The fourth-order valence-corrected chi connectivity index (χ4v) is 3.52. The third-order valence-corrected chi connectivity index (χ3v) is 5.05. The van der Waals surface area contributed by atoms with Crippen LogP contribution < -0.4 is 11.1 Å². The zero-order chi connectivity index (χ0) is 18.8. The van der Waals surface area contributed by atoms with Crippen molar-refractivity contribution in [1.29, 1.82) is 0 Å². The number of nitrogens with two attached hydrogens (primary N) is 1. The van der Waals surface area contributed by atoms with Crippen molar-refractivity contribution in [2.45, 2.75) is 0 Å². The predicted molar refractivity (Wildman–Crippen MR) is 108 cm³/mol. The molecule has 2 heterocycles. The van der Waals surface area contributed by atoms with Crippen LogP contribution in [0.1, 0.15) is 20.7 Å². The molecule has 0 radical (unpaired) electrons. The summed E-state index contributed by atoms with van der Waals surface area (Å²) in [6, 6.07) is 19.8. The number of rotatable bonds is 4. The second-order valence-electron chi connectivity index (χ2n) is 5.95. The molecule has 2 aromatic carbocycles. The maximum absolute atomic E-state index is 12.9. The molecule has 0 saturated carbocycles. The summed E-state index contributed by atoms with van der Waals surface area (Å²) < 4.78 is 0. The minimum absolute atomic E-state index is 0.238. The quantitative estimate of drug-likeness (QED) is 0.559. The zero-order valence-electron chi connectivity index (χ0n) is 14.2. The molecule has 4 rings (SSSR count). The number of aromatic nitrogens is 1. The fraction of sp³-hybridized carbons (Fsp3) is 0. The van der Waals surface area contributed by atoms with Crippen molar-refractivity contribution in [3.63, 3.8) is 0 Å². The van der Waals surface area contributed by atoms with Crippen LogP contribution in [0.25, 0.3) is 21.5 Å². The number of nitrogens with zero attached hydrogens (tertiary/aromatic N) is 1. The van der Waals surface area contributed by atoms with Gasteiger partial charge in [-0.05, 0) is 47.8 Å². The van der Waals surface area contributed by atoms with Gasteiger partial charge < -0.3 is 11.1 Å². The molecule has 2 aromatic heterocycles. The lowest BCUT2D eigenvalue weighted by Gasteiger charge is -2.10. The number of para-hydroxylation sites is 1. The van der Waals surface area contributed by atoms with E-state index >= 15 is 0 Å². The Labute approximate surface area is 159 Å². The number of primary amides is 1. The molecule has 0 aliphatic heterocycles. The van der Waals surface area contributed by atoms with E-state index in [-0.39, 0.29) is 5.91 Å². The molecule has 0 bridgehead atoms.